The Kier molecular flexibility index (Phi) is 6.77. The molecule has 2 unspecified atom stereocenters. The minimum atomic E-state index is -4.56. The molecule has 0 radical (unpaired) electrons. The van der Waals surface area contributed by atoms with Gasteiger partial charge in [0.2, 0.25) is 0 Å². The van der Waals surface area contributed by atoms with Crippen molar-refractivity contribution < 1.29 is 32.2 Å². The van der Waals surface area contributed by atoms with E-state index >= 15 is 0 Å². The quantitative estimate of drug-likeness (QED) is 0.507. The molecule has 1 aromatic heterocycles. The van der Waals surface area contributed by atoms with Crippen LogP contribution in [0.3, 0.4) is 0 Å². The number of methoxy groups -OCH3 is 3. The molecule has 2 heterocycles. The van der Waals surface area contributed by atoms with Crippen LogP contribution in [-0.2, 0) is 6.54 Å². The molecule has 1 aliphatic rings. The standard InChI is InChI=1S/C24H25F3N4O4/c1-33-16-7-4-14(5-8-16)12-28-23(32)17-13-29-31-21(24(25,26)27)11-18(30-22(17)31)15-6-9-19(34-2)20(10-15)35-3/h4-10,13,18,21,30H,11-12H2,1-3H3,(H,28,32). The molecular formula is C24H25F3N4O4. The van der Waals surface area contributed by atoms with Crippen LogP contribution in [-0.4, -0.2) is 43.2 Å². The van der Waals surface area contributed by atoms with E-state index in [4.69, 9.17) is 14.2 Å². The molecule has 1 amide bonds. The molecule has 1 aliphatic heterocycles. The summed E-state index contributed by atoms with van der Waals surface area (Å²) in [6, 6.07) is 9.38. The first kappa shape index (κ1) is 24.2. The largest absolute Gasteiger partial charge is 0.497 e. The summed E-state index contributed by atoms with van der Waals surface area (Å²) < 4.78 is 58.4. The molecule has 4 rings (SSSR count). The first-order chi connectivity index (χ1) is 16.7. The van der Waals surface area contributed by atoms with Crippen molar-refractivity contribution in [2.24, 2.45) is 0 Å². The van der Waals surface area contributed by atoms with Crippen LogP contribution >= 0.6 is 0 Å². The maximum Gasteiger partial charge on any atom is 0.410 e. The molecule has 0 saturated carbocycles. The van der Waals surface area contributed by atoms with E-state index in [1.54, 1.807) is 49.6 Å². The third-order valence-electron chi connectivity index (χ3n) is 5.91. The number of hydrogen-bond donors (Lipinski definition) is 2. The van der Waals surface area contributed by atoms with Gasteiger partial charge in [-0.3, -0.25) is 4.79 Å². The molecule has 11 heteroatoms. The SMILES string of the molecule is COc1ccc(CNC(=O)c2cnn3c2NC(c2ccc(OC)c(OC)c2)CC3C(F)(F)F)cc1. The first-order valence-corrected chi connectivity index (χ1v) is 10.8. The fourth-order valence-corrected chi connectivity index (χ4v) is 4.04. The van der Waals surface area contributed by atoms with Gasteiger partial charge in [-0.15, -0.1) is 0 Å². The van der Waals surface area contributed by atoms with Crippen LogP contribution in [0.25, 0.3) is 0 Å². The van der Waals surface area contributed by atoms with Crippen LogP contribution in [0.1, 0.15) is 40.0 Å². The molecule has 186 valence electrons. The Morgan fingerprint density at radius 1 is 1.09 bits per heavy atom. The minimum Gasteiger partial charge on any atom is -0.497 e. The number of rotatable bonds is 7. The highest BCUT2D eigenvalue weighted by Crippen LogP contribution is 2.45. The van der Waals surface area contributed by atoms with Gasteiger partial charge in [0.1, 0.15) is 17.1 Å². The normalized spacial score (nSPS) is 17.2. The second-order valence-electron chi connectivity index (χ2n) is 7.99. The van der Waals surface area contributed by atoms with Gasteiger partial charge in [-0.25, -0.2) is 4.68 Å². The zero-order chi connectivity index (χ0) is 25.2. The fourth-order valence-electron chi connectivity index (χ4n) is 4.04. The third kappa shape index (κ3) is 4.98. The molecule has 2 aromatic carbocycles. The number of carbonyl (C=O) groups excluding carboxylic acids is 1. The van der Waals surface area contributed by atoms with Crippen molar-refractivity contribution >= 4 is 11.7 Å². The van der Waals surface area contributed by atoms with E-state index in [0.717, 1.165) is 16.4 Å². The Morgan fingerprint density at radius 2 is 1.80 bits per heavy atom. The molecule has 0 saturated heterocycles. The van der Waals surface area contributed by atoms with Crippen LogP contribution in [0.15, 0.2) is 48.7 Å². The molecule has 2 atom stereocenters. The predicted molar refractivity (Wildman–Crippen MR) is 122 cm³/mol. The number of nitrogens with one attached hydrogen (secondary N) is 2. The molecule has 8 nitrogen and oxygen atoms in total. The average molecular weight is 490 g/mol. The zero-order valence-corrected chi connectivity index (χ0v) is 19.3. The summed E-state index contributed by atoms with van der Waals surface area (Å²) in [5, 5.41) is 9.72. The van der Waals surface area contributed by atoms with Crippen molar-refractivity contribution in [2.45, 2.75) is 31.2 Å². The van der Waals surface area contributed by atoms with Gasteiger partial charge in [-0.05, 0) is 35.4 Å². The summed E-state index contributed by atoms with van der Waals surface area (Å²) in [6.45, 7) is 0.190. The van der Waals surface area contributed by atoms with Crippen molar-refractivity contribution in [2.75, 3.05) is 26.6 Å². The Bertz CT molecular complexity index is 1190. The molecular weight excluding hydrogens is 465 g/mol. The van der Waals surface area contributed by atoms with Crippen LogP contribution in [0.4, 0.5) is 19.0 Å². The van der Waals surface area contributed by atoms with Crippen LogP contribution in [0.2, 0.25) is 0 Å². The summed E-state index contributed by atoms with van der Waals surface area (Å²) in [5.41, 5.74) is 1.40. The lowest BCUT2D eigenvalue weighted by atomic mass is 9.96. The number of carbonyl (C=O) groups is 1. The Balaban J connectivity index is 1.61. The van der Waals surface area contributed by atoms with Gasteiger partial charge in [0.15, 0.2) is 17.5 Å². The summed E-state index contributed by atoms with van der Waals surface area (Å²) in [4.78, 5) is 12.9. The van der Waals surface area contributed by atoms with Crippen LogP contribution in [0, 0.1) is 0 Å². The number of halogens is 3. The first-order valence-electron chi connectivity index (χ1n) is 10.8. The second-order valence-corrected chi connectivity index (χ2v) is 7.99. The van der Waals surface area contributed by atoms with Gasteiger partial charge in [-0.1, -0.05) is 18.2 Å². The number of anilines is 1. The highest BCUT2D eigenvalue weighted by atomic mass is 19.4. The van der Waals surface area contributed by atoms with Crippen molar-refractivity contribution in [3.63, 3.8) is 0 Å². The van der Waals surface area contributed by atoms with Gasteiger partial charge in [0.25, 0.3) is 5.91 Å². The summed E-state index contributed by atoms with van der Waals surface area (Å²) >= 11 is 0. The predicted octanol–water partition coefficient (Wildman–Crippen LogP) is 4.50. The monoisotopic (exact) mass is 490 g/mol. The van der Waals surface area contributed by atoms with E-state index in [-0.39, 0.29) is 24.3 Å². The van der Waals surface area contributed by atoms with Crippen molar-refractivity contribution in [1.29, 1.82) is 0 Å². The summed E-state index contributed by atoms with van der Waals surface area (Å²) in [6.07, 6.45) is -3.71. The topological polar surface area (TPSA) is 86.6 Å². The Hall–Kier alpha value is -3.89. The number of alkyl halides is 3. The van der Waals surface area contributed by atoms with Gasteiger partial charge in [0.05, 0.1) is 33.6 Å². The zero-order valence-electron chi connectivity index (χ0n) is 19.3. The van der Waals surface area contributed by atoms with E-state index in [0.29, 0.717) is 22.8 Å². The maximum absolute atomic E-state index is 14.0. The lowest BCUT2D eigenvalue weighted by Gasteiger charge is -2.34. The highest BCUT2D eigenvalue weighted by molar-refractivity contribution is 5.98. The number of amides is 1. The van der Waals surface area contributed by atoms with E-state index in [1.807, 2.05) is 0 Å². The molecule has 2 N–H and O–H groups in total. The number of hydrogen-bond acceptors (Lipinski definition) is 6. The molecule has 0 fully saturated rings. The number of benzene rings is 2. The number of fused-ring (bicyclic) bond motifs is 1. The van der Waals surface area contributed by atoms with Gasteiger partial charge in [0, 0.05) is 13.0 Å². The van der Waals surface area contributed by atoms with Gasteiger partial charge in [-0.2, -0.15) is 18.3 Å². The van der Waals surface area contributed by atoms with E-state index in [2.05, 4.69) is 15.7 Å². The number of aromatic nitrogens is 2. The maximum atomic E-state index is 14.0. The van der Waals surface area contributed by atoms with Crippen LogP contribution in [0.5, 0.6) is 17.2 Å². The van der Waals surface area contributed by atoms with E-state index in [9.17, 15) is 18.0 Å². The molecule has 35 heavy (non-hydrogen) atoms. The van der Waals surface area contributed by atoms with E-state index in [1.165, 1.54) is 14.2 Å². The second kappa shape index (κ2) is 9.77. The van der Waals surface area contributed by atoms with Crippen molar-refractivity contribution in [3.05, 3.63) is 65.4 Å². The molecule has 3 aromatic rings. The molecule has 0 spiro atoms. The minimum absolute atomic E-state index is 0.00518. The molecule has 0 aliphatic carbocycles. The van der Waals surface area contributed by atoms with Gasteiger partial charge < -0.3 is 24.8 Å². The summed E-state index contributed by atoms with van der Waals surface area (Å²) in [5.74, 6) is 0.999. The van der Waals surface area contributed by atoms with Crippen LogP contribution < -0.4 is 24.8 Å². The van der Waals surface area contributed by atoms with E-state index < -0.39 is 24.2 Å². The number of nitrogens with zero attached hydrogens (tertiary/aromatic N) is 2. The smallest absolute Gasteiger partial charge is 0.410 e. The number of ether oxygens (including phenoxy) is 3. The lowest BCUT2D eigenvalue weighted by molar-refractivity contribution is -0.173. The Labute approximate surface area is 200 Å². The van der Waals surface area contributed by atoms with Crippen molar-refractivity contribution in [3.8, 4) is 17.2 Å². The highest BCUT2D eigenvalue weighted by Gasteiger charge is 2.47. The Morgan fingerprint density at radius 3 is 2.43 bits per heavy atom. The van der Waals surface area contributed by atoms with Gasteiger partial charge >= 0.3 is 6.18 Å². The third-order valence-corrected chi connectivity index (χ3v) is 5.91. The average Bonchev–Trinajstić information content (AvgIpc) is 3.30. The fraction of sp³-hybridized carbons (Fsp3) is 0.333. The van der Waals surface area contributed by atoms with Crippen molar-refractivity contribution in [1.82, 2.24) is 15.1 Å². The molecule has 0 bridgehead atoms. The summed E-state index contributed by atoms with van der Waals surface area (Å²) in [7, 11) is 4.48. The lowest BCUT2D eigenvalue weighted by Crippen LogP contribution is -2.36.